The van der Waals surface area contributed by atoms with Crippen LogP contribution in [-0.4, -0.2) is 11.9 Å². The fourth-order valence-electron chi connectivity index (χ4n) is 7.56. The number of hydrogen-bond donors (Lipinski definition) is 0. The number of carbonyl (C=O) groups is 2. The number of rotatable bonds is 6. The Bertz CT molecular complexity index is 2400. The van der Waals surface area contributed by atoms with Gasteiger partial charge in [0.1, 0.15) is 11.5 Å². The van der Waals surface area contributed by atoms with Crippen molar-refractivity contribution in [1.82, 2.24) is 0 Å². The van der Waals surface area contributed by atoms with E-state index in [0.29, 0.717) is 34.5 Å². The fourth-order valence-corrected chi connectivity index (χ4v) is 7.56. The summed E-state index contributed by atoms with van der Waals surface area (Å²) in [6.45, 7) is 0. The zero-order chi connectivity index (χ0) is 33.6. The highest BCUT2D eigenvalue weighted by atomic mass is 16.5. The van der Waals surface area contributed by atoms with Gasteiger partial charge in [-0.1, -0.05) is 121 Å². The second kappa shape index (κ2) is 12.3. The molecule has 0 bridgehead atoms. The van der Waals surface area contributed by atoms with E-state index in [1.54, 1.807) is 0 Å². The zero-order valence-corrected chi connectivity index (χ0v) is 27.2. The van der Waals surface area contributed by atoms with Gasteiger partial charge >= 0.3 is 11.9 Å². The topological polar surface area (TPSA) is 52.6 Å². The van der Waals surface area contributed by atoms with Gasteiger partial charge in [-0.3, -0.25) is 0 Å². The van der Waals surface area contributed by atoms with Crippen molar-refractivity contribution in [3.05, 3.63) is 180 Å². The third-order valence-corrected chi connectivity index (χ3v) is 10.3. The highest BCUT2D eigenvalue weighted by Crippen LogP contribution is 2.49. The molecule has 4 nitrogen and oxygen atoms in total. The highest BCUT2D eigenvalue weighted by Gasteiger charge is 2.33. The van der Waals surface area contributed by atoms with Crippen molar-refractivity contribution in [3.63, 3.8) is 0 Å². The zero-order valence-electron chi connectivity index (χ0n) is 27.2. The van der Waals surface area contributed by atoms with Crippen molar-refractivity contribution in [1.29, 1.82) is 0 Å². The molecule has 1 aliphatic carbocycles. The molecule has 0 saturated heterocycles. The molecule has 1 saturated carbocycles. The lowest BCUT2D eigenvalue weighted by molar-refractivity contribution is 0.0727. The van der Waals surface area contributed by atoms with Crippen LogP contribution in [0, 0.1) is 0 Å². The van der Waals surface area contributed by atoms with Crippen LogP contribution < -0.4 is 9.47 Å². The minimum Gasteiger partial charge on any atom is -0.422 e. The molecule has 0 spiro atoms. The minimum absolute atomic E-state index is 0.339. The molecule has 0 aliphatic heterocycles. The van der Waals surface area contributed by atoms with Gasteiger partial charge in [0.2, 0.25) is 0 Å². The molecule has 1 fully saturated rings. The van der Waals surface area contributed by atoms with Crippen LogP contribution >= 0.6 is 0 Å². The molecule has 0 radical (unpaired) electrons. The van der Waals surface area contributed by atoms with E-state index in [9.17, 15) is 9.59 Å². The average Bonchev–Trinajstić information content (AvgIpc) is 3.15. The van der Waals surface area contributed by atoms with Gasteiger partial charge in [-0.25, -0.2) is 9.59 Å². The van der Waals surface area contributed by atoms with Crippen molar-refractivity contribution in [3.8, 4) is 11.5 Å². The Kier molecular flexibility index (Phi) is 7.35. The van der Waals surface area contributed by atoms with E-state index in [4.69, 9.17) is 9.47 Å². The lowest BCUT2D eigenvalue weighted by Gasteiger charge is -2.37. The van der Waals surface area contributed by atoms with Crippen LogP contribution in [0.3, 0.4) is 0 Å². The number of carbonyl (C=O) groups excluding carboxylic acids is 2. The van der Waals surface area contributed by atoms with Crippen LogP contribution in [0.15, 0.2) is 158 Å². The van der Waals surface area contributed by atoms with Crippen molar-refractivity contribution < 1.29 is 19.1 Å². The molecular weight excluding hydrogens is 617 g/mol. The molecule has 240 valence electrons. The van der Waals surface area contributed by atoms with Gasteiger partial charge in [0, 0.05) is 10.8 Å². The second-order valence-corrected chi connectivity index (χ2v) is 13.1. The number of benzene rings is 8. The molecule has 0 amide bonds. The van der Waals surface area contributed by atoms with Crippen LogP contribution in [0.4, 0.5) is 0 Å². The molecule has 1 aliphatic rings. The Morgan fingerprint density at radius 1 is 0.400 bits per heavy atom. The molecule has 0 heterocycles. The van der Waals surface area contributed by atoms with Gasteiger partial charge in [-0.15, -0.1) is 0 Å². The normalized spacial score (nSPS) is 15.6. The molecular formula is C46H32O4. The molecule has 2 atom stereocenters. The first-order chi connectivity index (χ1) is 24.6. The first-order valence-electron chi connectivity index (χ1n) is 17.1. The number of ether oxygens (including phenoxy) is 2. The molecule has 0 unspecified atom stereocenters. The van der Waals surface area contributed by atoms with Crippen molar-refractivity contribution in [2.75, 3.05) is 0 Å². The van der Waals surface area contributed by atoms with E-state index in [1.165, 1.54) is 11.1 Å². The van der Waals surface area contributed by atoms with Gasteiger partial charge in [-0.05, 0) is 105 Å². The highest BCUT2D eigenvalue weighted by molar-refractivity contribution is 6.12. The largest absolute Gasteiger partial charge is 0.422 e. The van der Waals surface area contributed by atoms with Crippen LogP contribution in [0.5, 0.6) is 11.5 Å². The van der Waals surface area contributed by atoms with Gasteiger partial charge in [0.15, 0.2) is 0 Å². The third-order valence-electron chi connectivity index (χ3n) is 10.3. The summed E-state index contributed by atoms with van der Waals surface area (Å²) in [7, 11) is 0. The summed E-state index contributed by atoms with van der Waals surface area (Å²) in [5, 5.41) is 8.27. The first kappa shape index (κ1) is 29.8. The summed E-state index contributed by atoms with van der Waals surface area (Å²) in [6.07, 6.45) is 2.13. The maximum absolute atomic E-state index is 13.3. The monoisotopic (exact) mass is 648 g/mol. The molecule has 0 N–H and O–H groups in total. The summed E-state index contributed by atoms with van der Waals surface area (Å²) in [5.74, 6) is 1.05. The minimum atomic E-state index is -0.374. The van der Waals surface area contributed by atoms with Gasteiger partial charge in [-0.2, -0.15) is 0 Å². The van der Waals surface area contributed by atoms with Crippen LogP contribution in [0.1, 0.15) is 56.5 Å². The Morgan fingerprint density at radius 3 is 1.12 bits per heavy atom. The summed E-state index contributed by atoms with van der Waals surface area (Å²) >= 11 is 0. The SMILES string of the molecule is O=C(Oc1cc2ccccc2c2ccccc12)c1ccc([C@H]2CC[C@@H]2c2ccc(C(=O)Oc3cc4ccccc4c4ccccc34)cc2)cc1. The molecule has 50 heavy (non-hydrogen) atoms. The fraction of sp³-hybridized carbons (Fsp3) is 0.0870. The van der Waals surface area contributed by atoms with Gasteiger partial charge in [0.25, 0.3) is 0 Å². The van der Waals surface area contributed by atoms with E-state index < -0.39 is 0 Å². The summed E-state index contributed by atoms with van der Waals surface area (Å²) in [6, 6.07) is 51.9. The van der Waals surface area contributed by atoms with E-state index >= 15 is 0 Å². The quantitative estimate of drug-likeness (QED) is 0.102. The molecule has 8 aromatic carbocycles. The van der Waals surface area contributed by atoms with Crippen LogP contribution in [-0.2, 0) is 0 Å². The standard InChI is InChI=1S/C46H32O4/c47-45(49-43-27-33-9-1-3-11-35(33)39-13-5-7-15-41(39)43)31-21-17-29(18-22-31)37-25-26-38(37)30-19-23-32(24-20-30)46(48)50-44-28-34-10-2-4-12-36(34)40-14-6-8-16-42(40)44/h1-24,27-28,37-38H,25-26H2/t37-,38-/m1/s1. The summed E-state index contributed by atoms with van der Waals surface area (Å²) in [4.78, 5) is 26.6. The predicted octanol–water partition coefficient (Wildman–Crippen LogP) is 11.4. The first-order valence-corrected chi connectivity index (χ1v) is 17.1. The smallest absolute Gasteiger partial charge is 0.343 e. The molecule has 9 rings (SSSR count). The maximum atomic E-state index is 13.3. The Hall–Kier alpha value is -6.26. The Morgan fingerprint density at radius 2 is 0.740 bits per heavy atom. The van der Waals surface area contributed by atoms with Gasteiger partial charge < -0.3 is 9.47 Å². The number of esters is 2. The number of hydrogen-bond acceptors (Lipinski definition) is 4. The maximum Gasteiger partial charge on any atom is 0.343 e. The van der Waals surface area contributed by atoms with Crippen LogP contribution in [0.25, 0.3) is 43.1 Å². The second-order valence-electron chi connectivity index (χ2n) is 13.1. The van der Waals surface area contributed by atoms with E-state index in [2.05, 4.69) is 24.3 Å². The summed E-state index contributed by atoms with van der Waals surface area (Å²) < 4.78 is 12.0. The molecule has 4 heteroatoms. The third kappa shape index (κ3) is 5.26. The summed E-state index contributed by atoms with van der Waals surface area (Å²) in [5.41, 5.74) is 3.43. The lowest BCUT2D eigenvalue weighted by Crippen LogP contribution is -2.22. The average molecular weight is 649 g/mol. The Labute approximate surface area is 289 Å². The van der Waals surface area contributed by atoms with E-state index in [1.807, 2.05) is 133 Å². The lowest BCUT2D eigenvalue weighted by atomic mass is 9.67. The van der Waals surface area contributed by atoms with Gasteiger partial charge in [0.05, 0.1) is 11.1 Å². The number of fused-ring (bicyclic) bond motifs is 6. The Balaban J connectivity index is 0.896. The van der Waals surface area contributed by atoms with Crippen LogP contribution in [0.2, 0.25) is 0 Å². The van der Waals surface area contributed by atoms with Crippen molar-refractivity contribution in [2.45, 2.75) is 24.7 Å². The van der Waals surface area contributed by atoms with E-state index in [-0.39, 0.29) is 11.9 Å². The van der Waals surface area contributed by atoms with Crippen molar-refractivity contribution >= 4 is 55.0 Å². The molecule has 0 aromatic heterocycles. The van der Waals surface area contributed by atoms with Crippen molar-refractivity contribution in [2.24, 2.45) is 0 Å². The van der Waals surface area contributed by atoms with E-state index in [0.717, 1.165) is 55.9 Å². The predicted molar refractivity (Wildman–Crippen MR) is 200 cm³/mol. The molecule has 8 aromatic rings.